The fourth-order valence-corrected chi connectivity index (χ4v) is 5.66. The Labute approximate surface area is 200 Å². The van der Waals surface area contributed by atoms with E-state index in [1.54, 1.807) is 0 Å². The van der Waals surface area contributed by atoms with Crippen molar-refractivity contribution in [3.05, 3.63) is 39.9 Å². The molecule has 7 N–H and O–H groups in total. The molecule has 3 aliphatic rings. The molecule has 35 heavy (non-hydrogen) atoms. The zero-order valence-corrected chi connectivity index (χ0v) is 19.6. The SMILES string of the molecule is CCCNc1cc(F)c2c(c1O)C(O)=C1C(=O)[C@]3(O)C(O)=C(C(N)=O)C(=O)[C@@H](N(C)C)[C@@H]3C[C@@H]1C2. The smallest absolute Gasteiger partial charge is 0.255 e. The van der Waals surface area contributed by atoms with Crippen molar-refractivity contribution in [3.63, 3.8) is 0 Å². The summed E-state index contributed by atoms with van der Waals surface area (Å²) in [6.45, 7) is 2.29. The maximum Gasteiger partial charge on any atom is 0.255 e. The largest absolute Gasteiger partial charge is 0.508 e. The van der Waals surface area contributed by atoms with Crippen molar-refractivity contribution in [1.29, 1.82) is 0 Å². The molecular formula is C24H28FN3O7. The molecule has 0 spiro atoms. The molecule has 3 aliphatic carbocycles. The number of benzene rings is 1. The first-order chi connectivity index (χ1) is 16.4. The van der Waals surface area contributed by atoms with Gasteiger partial charge in [0.1, 0.15) is 28.7 Å². The van der Waals surface area contributed by atoms with Gasteiger partial charge in [0.2, 0.25) is 5.78 Å². The summed E-state index contributed by atoms with van der Waals surface area (Å²) in [7, 11) is 3.02. The van der Waals surface area contributed by atoms with Crippen LogP contribution in [0.1, 0.15) is 30.9 Å². The molecule has 0 aromatic heterocycles. The van der Waals surface area contributed by atoms with E-state index in [0.717, 1.165) is 6.07 Å². The minimum atomic E-state index is -2.73. The first kappa shape index (κ1) is 24.7. The third-order valence-corrected chi connectivity index (χ3v) is 7.23. The number of hydrogen-bond donors (Lipinski definition) is 6. The second kappa shape index (κ2) is 8.35. The number of amides is 1. The fourth-order valence-electron chi connectivity index (χ4n) is 5.66. The molecular weight excluding hydrogens is 461 g/mol. The van der Waals surface area contributed by atoms with Crippen LogP contribution >= 0.6 is 0 Å². The number of aliphatic hydroxyl groups excluding tert-OH is 2. The van der Waals surface area contributed by atoms with Crippen LogP contribution in [0.15, 0.2) is 23.0 Å². The monoisotopic (exact) mass is 489 g/mol. The van der Waals surface area contributed by atoms with E-state index >= 15 is 4.39 Å². The second-order valence-corrected chi connectivity index (χ2v) is 9.50. The molecule has 1 saturated carbocycles. The highest BCUT2D eigenvalue weighted by atomic mass is 19.1. The summed E-state index contributed by atoms with van der Waals surface area (Å²) in [5.74, 6) is -8.35. The standard InChI is InChI=1S/C24H28FN3O7/c1-4-5-27-13-8-12(25)10-6-9-7-11-17(28(2)3)20(31)16(23(26)34)22(33)24(11,35)21(32)14(9)19(30)15(10)18(13)29/h8-9,11,17,27,29-30,33,35H,4-7H2,1-3H3,(H2,26,34)/t9-,11-,17-,24-/m0/s1. The van der Waals surface area contributed by atoms with Gasteiger partial charge in [0, 0.05) is 29.7 Å². The number of phenolic OH excluding ortho intramolecular Hbond substituents is 1. The number of aromatic hydroxyl groups is 1. The van der Waals surface area contributed by atoms with Crippen molar-refractivity contribution >= 4 is 28.9 Å². The summed E-state index contributed by atoms with van der Waals surface area (Å²) in [6, 6.07) is -0.0740. The topological polar surface area (TPSA) is 173 Å². The van der Waals surface area contributed by atoms with E-state index < -0.39 is 69.6 Å². The van der Waals surface area contributed by atoms with E-state index in [0.29, 0.717) is 13.0 Å². The average Bonchev–Trinajstić information content (AvgIpc) is 2.77. The van der Waals surface area contributed by atoms with E-state index in [-0.39, 0.29) is 35.2 Å². The fraction of sp³-hybridized carbons (Fsp3) is 0.458. The number of carbonyl (C=O) groups excluding carboxylic acids is 3. The number of primary amides is 1. The second-order valence-electron chi connectivity index (χ2n) is 9.50. The van der Waals surface area contributed by atoms with Crippen molar-refractivity contribution in [2.24, 2.45) is 17.6 Å². The van der Waals surface area contributed by atoms with Gasteiger partial charge in [-0.3, -0.25) is 19.3 Å². The van der Waals surface area contributed by atoms with E-state index in [2.05, 4.69) is 5.32 Å². The summed E-state index contributed by atoms with van der Waals surface area (Å²) in [6.07, 6.45) is 0.490. The molecule has 0 saturated heterocycles. The number of halogens is 1. The number of nitrogens with one attached hydrogen (secondary N) is 1. The minimum absolute atomic E-state index is 0.00448. The Morgan fingerprint density at radius 3 is 2.51 bits per heavy atom. The quantitative estimate of drug-likeness (QED) is 0.260. The number of anilines is 1. The van der Waals surface area contributed by atoms with Crippen LogP contribution in [0.5, 0.6) is 5.75 Å². The van der Waals surface area contributed by atoms with E-state index in [9.17, 15) is 34.8 Å². The number of likely N-dealkylation sites (N-methyl/N-ethyl adjacent to an activating group) is 1. The van der Waals surface area contributed by atoms with Crippen molar-refractivity contribution in [2.75, 3.05) is 26.0 Å². The molecule has 1 amide bonds. The minimum Gasteiger partial charge on any atom is -0.508 e. The third-order valence-electron chi connectivity index (χ3n) is 7.23. The van der Waals surface area contributed by atoms with E-state index in [1.807, 2.05) is 6.92 Å². The highest BCUT2D eigenvalue weighted by molar-refractivity contribution is 6.24. The molecule has 1 aromatic carbocycles. The summed E-state index contributed by atoms with van der Waals surface area (Å²) in [4.78, 5) is 40.1. The molecule has 188 valence electrons. The first-order valence-corrected chi connectivity index (χ1v) is 11.3. The van der Waals surface area contributed by atoms with Crippen LogP contribution in [0, 0.1) is 17.7 Å². The maximum atomic E-state index is 15.1. The number of aliphatic hydroxyl groups is 3. The Kier molecular flexibility index (Phi) is 5.89. The first-order valence-electron chi connectivity index (χ1n) is 11.3. The van der Waals surface area contributed by atoms with E-state index in [4.69, 9.17) is 5.73 Å². The number of Topliss-reactive ketones (excluding diaryl/α,β-unsaturated/α-hetero) is 2. The molecule has 0 aliphatic heterocycles. The Hall–Kier alpha value is -3.44. The molecule has 0 heterocycles. The van der Waals surface area contributed by atoms with Gasteiger partial charge in [-0.05, 0) is 39.3 Å². The predicted octanol–water partition coefficient (Wildman–Crippen LogP) is 0.925. The summed E-state index contributed by atoms with van der Waals surface area (Å²) < 4.78 is 15.1. The Balaban J connectivity index is 1.95. The summed E-state index contributed by atoms with van der Waals surface area (Å²) >= 11 is 0. The highest BCUT2D eigenvalue weighted by Gasteiger charge is 2.64. The molecule has 0 radical (unpaired) electrons. The van der Waals surface area contributed by atoms with Crippen LogP contribution in [0.4, 0.5) is 10.1 Å². The number of nitrogens with two attached hydrogens (primary N) is 1. The number of ketones is 2. The molecule has 4 rings (SSSR count). The van der Waals surface area contributed by atoms with Crippen molar-refractivity contribution in [2.45, 2.75) is 37.8 Å². The Morgan fingerprint density at radius 2 is 1.94 bits per heavy atom. The predicted molar refractivity (Wildman–Crippen MR) is 123 cm³/mol. The van der Waals surface area contributed by atoms with E-state index in [1.165, 1.54) is 19.0 Å². The van der Waals surface area contributed by atoms with Crippen molar-refractivity contribution in [1.82, 2.24) is 4.90 Å². The number of nitrogens with zero attached hydrogens (tertiary/aromatic N) is 1. The van der Waals surface area contributed by atoms with Crippen molar-refractivity contribution < 1.29 is 39.2 Å². The summed E-state index contributed by atoms with van der Waals surface area (Å²) in [5.41, 5.74) is 1.11. The Morgan fingerprint density at radius 1 is 1.29 bits per heavy atom. The van der Waals surface area contributed by atoms with Gasteiger partial charge in [0.05, 0.1) is 17.3 Å². The lowest BCUT2D eigenvalue weighted by Gasteiger charge is -2.50. The molecule has 11 heteroatoms. The van der Waals surface area contributed by atoms with Crippen molar-refractivity contribution in [3.8, 4) is 5.75 Å². The number of fused-ring (bicyclic) bond motifs is 3. The van der Waals surface area contributed by atoms with Gasteiger partial charge in [-0.2, -0.15) is 0 Å². The number of phenols is 1. The highest BCUT2D eigenvalue weighted by Crippen LogP contribution is 2.53. The molecule has 1 fully saturated rings. The number of carbonyl (C=O) groups is 3. The van der Waals surface area contributed by atoms with Gasteiger partial charge < -0.3 is 31.5 Å². The molecule has 4 atom stereocenters. The zero-order chi connectivity index (χ0) is 26.0. The van der Waals surface area contributed by atoms with Crippen LogP contribution in [-0.4, -0.2) is 75.1 Å². The maximum absolute atomic E-state index is 15.1. The molecule has 0 unspecified atom stereocenters. The van der Waals surface area contributed by atoms with Crippen LogP contribution in [0.25, 0.3) is 5.76 Å². The van der Waals surface area contributed by atoms with Gasteiger partial charge >= 0.3 is 0 Å². The van der Waals surface area contributed by atoms with Gasteiger partial charge in [-0.1, -0.05) is 6.92 Å². The van der Waals surface area contributed by atoms with Crippen LogP contribution in [-0.2, 0) is 20.8 Å². The molecule has 1 aromatic rings. The van der Waals surface area contributed by atoms with Gasteiger partial charge in [-0.15, -0.1) is 0 Å². The van der Waals surface area contributed by atoms with Gasteiger partial charge in [-0.25, -0.2) is 4.39 Å². The van der Waals surface area contributed by atoms with Crippen LogP contribution in [0.3, 0.4) is 0 Å². The van der Waals surface area contributed by atoms with Crippen LogP contribution < -0.4 is 11.1 Å². The number of hydrogen-bond acceptors (Lipinski definition) is 9. The normalized spacial score (nSPS) is 28.1. The van der Waals surface area contributed by atoms with Gasteiger partial charge in [0.25, 0.3) is 5.91 Å². The number of rotatable bonds is 5. The lowest BCUT2D eigenvalue weighted by Crippen LogP contribution is -2.65. The average molecular weight is 490 g/mol. The zero-order valence-electron chi connectivity index (χ0n) is 19.6. The van der Waals surface area contributed by atoms with Crippen LogP contribution in [0.2, 0.25) is 0 Å². The lowest BCUT2D eigenvalue weighted by molar-refractivity contribution is -0.153. The Bertz CT molecular complexity index is 1220. The summed E-state index contributed by atoms with van der Waals surface area (Å²) in [5, 5.41) is 47.1. The lowest BCUT2D eigenvalue weighted by atomic mass is 9.57. The molecule has 10 nitrogen and oxygen atoms in total. The van der Waals surface area contributed by atoms with Gasteiger partial charge in [0.15, 0.2) is 11.4 Å². The molecule has 0 bridgehead atoms. The third kappa shape index (κ3) is 3.33.